The third kappa shape index (κ3) is 3.24. The van der Waals surface area contributed by atoms with Crippen LogP contribution in [0, 0.1) is 6.92 Å². The third-order valence-corrected chi connectivity index (χ3v) is 6.09. The van der Waals surface area contributed by atoms with Crippen molar-refractivity contribution in [2.24, 2.45) is 0 Å². The first-order valence-electron chi connectivity index (χ1n) is 8.69. The third-order valence-electron chi connectivity index (χ3n) is 4.71. The Morgan fingerprint density at radius 1 is 1.04 bits per heavy atom. The monoisotopic (exact) mass is 368 g/mol. The van der Waals surface area contributed by atoms with Gasteiger partial charge in [0.25, 0.3) is 10.0 Å². The van der Waals surface area contributed by atoms with E-state index in [2.05, 4.69) is 15.8 Å². The molecule has 4 rings (SSSR count). The smallest absolute Gasteiger partial charge is 0.261 e. The van der Waals surface area contributed by atoms with E-state index in [0.717, 1.165) is 36.8 Å². The maximum absolute atomic E-state index is 12.8. The van der Waals surface area contributed by atoms with E-state index < -0.39 is 10.0 Å². The molecule has 0 atom stereocenters. The molecule has 0 bridgehead atoms. The number of aryl methyl sites for hydroxylation is 2. The molecule has 0 spiro atoms. The summed E-state index contributed by atoms with van der Waals surface area (Å²) >= 11 is 0. The molecule has 134 valence electrons. The molecule has 6 heteroatoms. The summed E-state index contributed by atoms with van der Waals surface area (Å²) in [7, 11) is -3.64. The number of hydrogen-bond donors (Lipinski definition) is 1. The lowest BCUT2D eigenvalue weighted by Crippen LogP contribution is -2.16. The SMILES string of the molecule is Cc1ncc(-c2ccc(S(=O)(=O)Nc3cccc4c3CCCC4)cc2)o1. The van der Waals surface area contributed by atoms with Gasteiger partial charge < -0.3 is 4.42 Å². The standard InChI is InChI=1S/C20H20N2O3S/c1-14-21-13-20(25-14)16-9-11-17(12-10-16)26(23,24)22-19-8-4-6-15-5-2-3-7-18(15)19/h4,6,8-13,22H,2-3,5,7H2,1H3. The van der Waals surface area contributed by atoms with Crippen molar-refractivity contribution in [2.45, 2.75) is 37.5 Å². The highest BCUT2D eigenvalue weighted by molar-refractivity contribution is 7.92. The second kappa shape index (κ2) is 6.61. The van der Waals surface area contributed by atoms with Crippen LogP contribution in [-0.4, -0.2) is 13.4 Å². The van der Waals surface area contributed by atoms with Crippen LogP contribution in [-0.2, 0) is 22.9 Å². The number of anilines is 1. The van der Waals surface area contributed by atoms with Crippen LogP contribution >= 0.6 is 0 Å². The second-order valence-electron chi connectivity index (χ2n) is 6.52. The number of nitrogens with one attached hydrogen (secondary N) is 1. The van der Waals surface area contributed by atoms with Crippen LogP contribution in [0.3, 0.4) is 0 Å². The number of benzene rings is 2. The van der Waals surface area contributed by atoms with Crippen LogP contribution in [0.5, 0.6) is 0 Å². The van der Waals surface area contributed by atoms with E-state index in [1.165, 1.54) is 5.56 Å². The Morgan fingerprint density at radius 2 is 1.81 bits per heavy atom. The summed E-state index contributed by atoms with van der Waals surface area (Å²) in [5.41, 5.74) is 3.85. The van der Waals surface area contributed by atoms with Gasteiger partial charge in [0, 0.05) is 12.5 Å². The molecular formula is C20H20N2O3S. The van der Waals surface area contributed by atoms with E-state index in [9.17, 15) is 8.42 Å². The Hall–Kier alpha value is -2.60. The molecule has 1 heterocycles. The van der Waals surface area contributed by atoms with Crippen molar-refractivity contribution >= 4 is 15.7 Å². The minimum atomic E-state index is -3.64. The zero-order valence-electron chi connectivity index (χ0n) is 14.5. The minimum absolute atomic E-state index is 0.228. The maximum Gasteiger partial charge on any atom is 0.261 e. The first-order chi connectivity index (χ1) is 12.5. The summed E-state index contributed by atoms with van der Waals surface area (Å²) < 4.78 is 33.8. The van der Waals surface area contributed by atoms with Crippen LogP contribution in [0.1, 0.15) is 29.9 Å². The van der Waals surface area contributed by atoms with Crippen molar-refractivity contribution in [3.8, 4) is 11.3 Å². The van der Waals surface area contributed by atoms with Gasteiger partial charge in [-0.3, -0.25) is 4.72 Å². The summed E-state index contributed by atoms with van der Waals surface area (Å²) in [5.74, 6) is 1.20. The molecule has 1 aliphatic rings. The number of nitrogens with zero attached hydrogens (tertiary/aromatic N) is 1. The fraction of sp³-hybridized carbons (Fsp3) is 0.250. The Morgan fingerprint density at radius 3 is 2.54 bits per heavy atom. The average Bonchev–Trinajstić information content (AvgIpc) is 3.08. The van der Waals surface area contributed by atoms with Gasteiger partial charge in [-0.05, 0) is 67.1 Å². The van der Waals surface area contributed by atoms with E-state index in [4.69, 9.17) is 4.42 Å². The van der Waals surface area contributed by atoms with Crippen LogP contribution in [0.25, 0.3) is 11.3 Å². The van der Waals surface area contributed by atoms with E-state index in [1.54, 1.807) is 37.4 Å². The fourth-order valence-electron chi connectivity index (χ4n) is 3.37. The molecule has 1 N–H and O–H groups in total. The predicted molar refractivity (Wildman–Crippen MR) is 101 cm³/mol. The molecular weight excluding hydrogens is 348 g/mol. The van der Waals surface area contributed by atoms with E-state index in [0.29, 0.717) is 17.3 Å². The highest BCUT2D eigenvalue weighted by Crippen LogP contribution is 2.30. The molecule has 2 aromatic carbocycles. The van der Waals surface area contributed by atoms with Crippen molar-refractivity contribution < 1.29 is 12.8 Å². The summed E-state index contributed by atoms with van der Waals surface area (Å²) in [6.45, 7) is 1.77. The second-order valence-corrected chi connectivity index (χ2v) is 8.21. The molecule has 5 nitrogen and oxygen atoms in total. The molecule has 0 fully saturated rings. The fourth-order valence-corrected chi connectivity index (χ4v) is 4.47. The average molecular weight is 368 g/mol. The Bertz CT molecular complexity index is 1040. The van der Waals surface area contributed by atoms with E-state index in [-0.39, 0.29) is 4.90 Å². The van der Waals surface area contributed by atoms with Crippen molar-refractivity contribution in [2.75, 3.05) is 4.72 Å². The number of sulfonamides is 1. The largest absolute Gasteiger partial charge is 0.441 e. The lowest BCUT2D eigenvalue weighted by Gasteiger charge is -2.20. The van der Waals surface area contributed by atoms with Gasteiger partial charge in [0.2, 0.25) is 0 Å². The molecule has 0 unspecified atom stereocenters. The Kier molecular flexibility index (Phi) is 4.28. The normalized spacial score (nSPS) is 14.0. The van der Waals surface area contributed by atoms with Crippen LogP contribution in [0.4, 0.5) is 5.69 Å². The van der Waals surface area contributed by atoms with Gasteiger partial charge in [-0.1, -0.05) is 12.1 Å². The predicted octanol–water partition coefficient (Wildman–Crippen LogP) is 4.33. The van der Waals surface area contributed by atoms with E-state index >= 15 is 0 Å². The van der Waals surface area contributed by atoms with Gasteiger partial charge in [0.05, 0.1) is 16.8 Å². The van der Waals surface area contributed by atoms with Gasteiger partial charge in [0.1, 0.15) is 0 Å². The number of oxazole rings is 1. The number of hydrogen-bond acceptors (Lipinski definition) is 4. The van der Waals surface area contributed by atoms with Crippen molar-refractivity contribution in [3.63, 3.8) is 0 Å². The molecule has 26 heavy (non-hydrogen) atoms. The van der Waals surface area contributed by atoms with Crippen molar-refractivity contribution in [3.05, 3.63) is 65.7 Å². The highest BCUT2D eigenvalue weighted by Gasteiger charge is 2.19. The van der Waals surface area contributed by atoms with Crippen LogP contribution in [0.15, 0.2) is 58.0 Å². The number of aromatic nitrogens is 1. The molecule has 0 radical (unpaired) electrons. The van der Waals surface area contributed by atoms with Crippen molar-refractivity contribution in [1.82, 2.24) is 4.98 Å². The van der Waals surface area contributed by atoms with Crippen LogP contribution < -0.4 is 4.72 Å². The number of rotatable bonds is 4. The van der Waals surface area contributed by atoms with Crippen molar-refractivity contribution in [1.29, 1.82) is 0 Å². The summed E-state index contributed by atoms with van der Waals surface area (Å²) in [6, 6.07) is 12.5. The molecule has 1 aliphatic carbocycles. The topological polar surface area (TPSA) is 72.2 Å². The molecule has 1 aromatic heterocycles. The quantitative estimate of drug-likeness (QED) is 0.744. The maximum atomic E-state index is 12.8. The molecule has 0 aliphatic heterocycles. The summed E-state index contributed by atoms with van der Waals surface area (Å²) in [4.78, 5) is 4.29. The number of fused-ring (bicyclic) bond motifs is 1. The Labute approximate surface area is 153 Å². The summed E-state index contributed by atoms with van der Waals surface area (Å²) in [5, 5.41) is 0. The van der Waals surface area contributed by atoms with E-state index in [1.807, 2.05) is 12.1 Å². The molecule has 0 amide bonds. The van der Waals surface area contributed by atoms with Gasteiger partial charge >= 0.3 is 0 Å². The first kappa shape index (κ1) is 16.8. The lowest BCUT2D eigenvalue weighted by atomic mass is 9.91. The van der Waals surface area contributed by atoms with Crippen LogP contribution in [0.2, 0.25) is 0 Å². The van der Waals surface area contributed by atoms with Gasteiger partial charge in [-0.2, -0.15) is 0 Å². The molecule has 3 aromatic rings. The van der Waals surface area contributed by atoms with Gasteiger partial charge in [-0.15, -0.1) is 0 Å². The highest BCUT2D eigenvalue weighted by atomic mass is 32.2. The first-order valence-corrected chi connectivity index (χ1v) is 10.2. The molecule has 0 saturated carbocycles. The van der Waals surface area contributed by atoms with Gasteiger partial charge in [-0.25, -0.2) is 13.4 Å². The zero-order chi connectivity index (χ0) is 18.1. The Balaban J connectivity index is 1.61. The lowest BCUT2D eigenvalue weighted by molar-refractivity contribution is 0.534. The molecule has 0 saturated heterocycles. The summed E-state index contributed by atoms with van der Waals surface area (Å²) in [6.07, 6.45) is 5.81. The van der Waals surface area contributed by atoms with Gasteiger partial charge in [0.15, 0.2) is 11.7 Å². The minimum Gasteiger partial charge on any atom is -0.441 e. The zero-order valence-corrected chi connectivity index (χ0v) is 15.3.